The lowest BCUT2D eigenvalue weighted by Crippen LogP contribution is -2.56. The van der Waals surface area contributed by atoms with Crippen molar-refractivity contribution in [3.8, 4) is 0 Å². The van der Waals surface area contributed by atoms with Gasteiger partial charge in [0.2, 0.25) is 5.91 Å². The van der Waals surface area contributed by atoms with Gasteiger partial charge in [-0.3, -0.25) is 14.4 Å². The van der Waals surface area contributed by atoms with Crippen molar-refractivity contribution in [2.24, 2.45) is 11.8 Å². The van der Waals surface area contributed by atoms with Crippen LogP contribution in [0, 0.1) is 11.8 Å². The van der Waals surface area contributed by atoms with Crippen LogP contribution in [0.1, 0.15) is 40.0 Å². The van der Waals surface area contributed by atoms with Gasteiger partial charge in [-0.15, -0.1) is 0 Å². The number of aliphatic hydroxyl groups excluding tert-OH is 1. The van der Waals surface area contributed by atoms with Crippen LogP contribution in [-0.4, -0.2) is 84.4 Å². The molecule has 4 aliphatic rings. The SMILES string of the molecule is CCN(CC)c1ccc(N2CC=C[C@]34O[C@@]5(CC)/C=C\CCCOC(=O)[C@H]5[C@H]3C(=O)N(CCO)C4C2=O)cc1. The molecule has 4 aliphatic heterocycles. The molecular formula is C30H39N3O6. The highest BCUT2D eigenvalue weighted by Crippen LogP contribution is 2.58. The maximum atomic E-state index is 14.4. The Balaban J connectivity index is 1.59. The second kappa shape index (κ2) is 10.8. The molecule has 1 aromatic carbocycles. The Morgan fingerprint density at radius 2 is 1.74 bits per heavy atom. The number of allylic oxidation sites excluding steroid dienone is 1. The molecule has 5 atom stereocenters. The highest BCUT2D eigenvalue weighted by atomic mass is 16.6. The molecule has 9 nitrogen and oxygen atoms in total. The Morgan fingerprint density at radius 3 is 2.41 bits per heavy atom. The van der Waals surface area contributed by atoms with Crippen molar-refractivity contribution in [1.82, 2.24) is 4.90 Å². The first-order valence-electron chi connectivity index (χ1n) is 14.2. The summed E-state index contributed by atoms with van der Waals surface area (Å²) < 4.78 is 12.5. The van der Waals surface area contributed by atoms with E-state index in [2.05, 4.69) is 18.7 Å². The Kier molecular flexibility index (Phi) is 7.57. The average Bonchev–Trinajstić information content (AvgIpc) is 3.31. The monoisotopic (exact) mass is 537 g/mol. The van der Waals surface area contributed by atoms with E-state index in [0.29, 0.717) is 25.1 Å². The number of fused-ring (bicyclic) bond motifs is 2. The average molecular weight is 538 g/mol. The van der Waals surface area contributed by atoms with E-state index in [9.17, 15) is 19.5 Å². The van der Waals surface area contributed by atoms with Gasteiger partial charge in [-0.25, -0.2) is 0 Å². The van der Waals surface area contributed by atoms with E-state index in [-0.39, 0.29) is 31.6 Å². The van der Waals surface area contributed by atoms with Crippen LogP contribution in [0.25, 0.3) is 0 Å². The third-order valence-corrected chi connectivity index (χ3v) is 8.76. The van der Waals surface area contributed by atoms with Crippen molar-refractivity contribution in [3.05, 3.63) is 48.6 Å². The zero-order chi connectivity index (χ0) is 27.8. The van der Waals surface area contributed by atoms with Crippen LogP contribution in [0.4, 0.5) is 11.4 Å². The predicted molar refractivity (Wildman–Crippen MR) is 147 cm³/mol. The molecule has 0 radical (unpaired) electrons. The number of hydrogen-bond donors (Lipinski definition) is 1. The molecule has 2 amide bonds. The van der Waals surface area contributed by atoms with Gasteiger partial charge in [0, 0.05) is 37.6 Å². The number of benzene rings is 1. The third-order valence-electron chi connectivity index (χ3n) is 8.76. The van der Waals surface area contributed by atoms with Crippen LogP contribution < -0.4 is 9.80 Å². The van der Waals surface area contributed by atoms with Gasteiger partial charge in [-0.1, -0.05) is 31.2 Å². The van der Waals surface area contributed by atoms with Crippen LogP contribution in [-0.2, 0) is 23.9 Å². The van der Waals surface area contributed by atoms with E-state index in [1.165, 1.54) is 4.90 Å². The molecule has 1 spiro atoms. The summed E-state index contributed by atoms with van der Waals surface area (Å²) in [5.41, 5.74) is -0.654. The number of nitrogens with zero attached hydrogens (tertiary/aromatic N) is 3. The fraction of sp³-hybridized carbons (Fsp3) is 0.567. The van der Waals surface area contributed by atoms with E-state index < -0.39 is 35.0 Å². The normalized spacial score (nSPS) is 32.9. The minimum absolute atomic E-state index is 0.0316. The van der Waals surface area contributed by atoms with Gasteiger partial charge in [0.25, 0.3) is 5.91 Å². The molecule has 5 rings (SSSR count). The highest BCUT2D eigenvalue weighted by Gasteiger charge is 2.75. The van der Waals surface area contributed by atoms with Crippen molar-refractivity contribution >= 4 is 29.2 Å². The number of esters is 1. The van der Waals surface area contributed by atoms with Crippen molar-refractivity contribution < 1.29 is 29.0 Å². The molecule has 0 saturated carbocycles. The molecule has 39 heavy (non-hydrogen) atoms. The number of ether oxygens (including phenoxy) is 2. The van der Waals surface area contributed by atoms with E-state index in [1.807, 2.05) is 55.5 Å². The van der Waals surface area contributed by atoms with Gasteiger partial charge in [0.05, 0.1) is 19.1 Å². The van der Waals surface area contributed by atoms with E-state index >= 15 is 0 Å². The molecule has 1 N–H and O–H groups in total. The number of anilines is 2. The predicted octanol–water partition coefficient (Wildman–Crippen LogP) is 2.68. The van der Waals surface area contributed by atoms with E-state index in [1.54, 1.807) is 4.90 Å². The fourth-order valence-corrected chi connectivity index (χ4v) is 6.89. The van der Waals surface area contributed by atoms with Crippen LogP contribution in [0.5, 0.6) is 0 Å². The minimum atomic E-state index is -1.36. The summed E-state index contributed by atoms with van der Waals surface area (Å²) in [4.78, 5) is 47.2. The maximum Gasteiger partial charge on any atom is 0.313 e. The standard InChI is InChI=1S/C30H39N3O6/c1-4-29-15-8-7-9-20-38-28(37)24(29)23-26(35)33(18-19-34)25-27(36)32(17-10-16-30(23,25)39-29)22-13-11-21(12-14-22)31(5-2)6-3/h8,10-16,23-25,34H,4-7,9,17-20H2,1-3H3/b15-8-/t23-,24+,25?,29-,30-/m0/s1. The lowest BCUT2D eigenvalue weighted by Gasteiger charge is -2.38. The number of hydrogen-bond acceptors (Lipinski definition) is 7. The highest BCUT2D eigenvalue weighted by molar-refractivity contribution is 6.05. The molecule has 2 fully saturated rings. The topological polar surface area (TPSA) is 99.6 Å². The molecule has 0 aliphatic carbocycles. The number of amides is 2. The smallest absolute Gasteiger partial charge is 0.313 e. The lowest BCUT2D eigenvalue weighted by atomic mass is 9.73. The second-order valence-corrected chi connectivity index (χ2v) is 10.6. The van der Waals surface area contributed by atoms with Crippen LogP contribution >= 0.6 is 0 Å². The summed E-state index contributed by atoms with van der Waals surface area (Å²) in [5, 5.41) is 9.88. The Labute approximate surface area is 230 Å². The number of aliphatic hydroxyl groups is 1. The summed E-state index contributed by atoms with van der Waals surface area (Å²) in [6, 6.07) is 6.81. The molecule has 0 aromatic heterocycles. The Morgan fingerprint density at radius 1 is 1.00 bits per heavy atom. The minimum Gasteiger partial charge on any atom is -0.465 e. The first kappa shape index (κ1) is 27.4. The number of carbonyl (C=O) groups is 3. The molecular weight excluding hydrogens is 498 g/mol. The Bertz CT molecular complexity index is 1160. The van der Waals surface area contributed by atoms with Crippen LogP contribution in [0.3, 0.4) is 0 Å². The van der Waals surface area contributed by atoms with Gasteiger partial charge >= 0.3 is 5.97 Å². The summed E-state index contributed by atoms with van der Waals surface area (Å²) >= 11 is 0. The number of likely N-dealkylation sites (tertiary alicyclic amines) is 1. The van der Waals surface area contributed by atoms with Gasteiger partial charge < -0.3 is 29.3 Å². The van der Waals surface area contributed by atoms with Crippen molar-refractivity contribution in [3.63, 3.8) is 0 Å². The van der Waals surface area contributed by atoms with Gasteiger partial charge in [0.15, 0.2) is 0 Å². The molecule has 2 saturated heterocycles. The lowest BCUT2D eigenvalue weighted by molar-refractivity contribution is -0.159. The summed E-state index contributed by atoms with van der Waals surface area (Å²) in [7, 11) is 0. The van der Waals surface area contributed by atoms with E-state index in [0.717, 1.165) is 25.2 Å². The fourth-order valence-electron chi connectivity index (χ4n) is 6.89. The maximum absolute atomic E-state index is 14.4. The number of rotatable bonds is 7. The van der Waals surface area contributed by atoms with Crippen LogP contribution in [0.2, 0.25) is 0 Å². The molecule has 4 heterocycles. The van der Waals surface area contributed by atoms with Crippen molar-refractivity contribution in [2.75, 3.05) is 49.2 Å². The molecule has 0 bridgehead atoms. The van der Waals surface area contributed by atoms with Gasteiger partial charge in [0.1, 0.15) is 23.2 Å². The van der Waals surface area contributed by atoms with Gasteiger partial charge in [-0.2, -0.15) is 0 Å². The first-order valence-corrected chi connectivity index (χ1v) is 14.2. The van der Waals surface area contributed by atoms with E-state index in [4.69, 9.17) is 9.47 Å². The third kappa shape index (κ3) is 4.26. The number of β-amino-alcohol motifs (C(OH)–C–C–N with tert-alkyl or cyclic N) is 1. The Hall–Kier alpha value is -3.17. The first-order chi connectivity index (χ1) is 18.9. The molecule has 210 valence electrons. The van der Waals surface area contributed by atoms with Crippen molar-refractivity contribution in [2.45, 2.75) is 57.3 Å². The largest absolute Gasteiger partial charge is 0.465 e. The molecule has 1 unspecified atom stereocenters. The molecule has 1 aromatic rings. The van der Waals surface area contributed by atoms with Crippen molar-refractivity contribution in [1.29, 1.82) is 0 Å². The van der Waals surface area contributed by atoms with Crippen LogP contribution in [0.15, 0.2) is 48.6 Å². The van der Waals surface area contributed by atoms with Gasteiger partial charge in [-0.05, 0) is 57.4 Å². The second-order valence-electron chi connectivity index (χ2n) is 10.6. The molecule has 9 heteroatoms. The summed E-state index contributed by atoms with van der Waals surface area (Å²) in [6.45, 7) is 8.10. The zero-order valence-corrected chi connectivity index (χ0v) is 23.0. The summed E-state index contributed by atoms with van der Waals surface area (Å²) in [5.74, 6) is -2.97. The zero-order valence-electron chi connectivity index (χ0n) is 23.0. The number of carbonyl (C=O) groups excluding carboxylic acids is 3. The summed E-state index contributed by atoms with van der Waals surface area (Å²) in [6.07, 6.45) is 9.44. The quantitative estimate of drug-likeness (QED) is 0.422. The number of cyclic esters (lactones) is 1.